The number of aromatic nitrogens is 1. The van der Waals surface area contributed by atoms with Crippen LogP contribution in [0.2, 0.25) is 0 Å². The van der Waals surface area contributed by atoms with E-state index < -0.39 is 0 Å². The van der Waals surface area contributed by atoms with Crippen LogP contribution in [-0.2, 0) is 0 Å². The van der Waals surface area contributed by atoms with Crippen LogP contribution in [0.1, 0.15) is 27.0 Å². The number of benzene rings is 1. The zero-order valence-electron chi connectivity index (χ0n) is 10.8. The van der Waals surface area contributed by atoms with Gasteiger partial charge in [-0.05, 0) is 61.7 Å². The van der Waals surface area contributed by atoms with Crippen molar-refractivity contribution in [1.29, 1.82) is 0 Å². The minimum Gasteiger partial charge on any atom is -0.307 e. The van der Waals surface area contributed by atoms with E-state index in [0.717, 1.165) is 11.1 Å². The Kier molecular flexibility index (Phi) is 3.42. The van der Waals surface area contributed by atoms with Gasteiger partial charge in [0.1, 0.15) is 5.82 Å². The Morgan fingerprint density at radius 1 is 1.06 bits per heavy atom. The van der Waals surface area contributed by atoms with Crippen molar-refractivity contribution in [1.82, 2.24) is 4.98 Å². The Morgan fingerprint density at radius 3 is 2.50 bits per heavy atom. The molecule has 0 atom stereocenters. The molecule has 0 unspecified atom stereocenters. The first kappa shape index (κ1) is 12.3. The zero-order valence-corrected chi connectivity index (χ0v) is 10.8. The molecule has 0 radical (unpaired) electrons. The van der Waals surface area contributed by atoms with Crippen molar-refractivity contribution in [2.24, 2.45) is 0 Å². The van der Waals surface area contributed by atoms with Gasteiger partial charge in [0.05, 0.1) is 0 Å². The number of pyridine rings is 1. The molecule has 1 amide bonds. The second-order valence-electron chi connectivity index (χ2n) is 4.47. The van der Waals surface area contributed by atoms with Crippen molar-refractivity contribution >= 4 is 11.7 Å². The maximum absolute atomic E-state index is 12.0. The number of rotatable bonds is 2. The summed E-state index contributed by atoms with van der Waals surface area (Å²) in [6.45, 7) is 5.99. The van der Waals surface area contributed by atoms with Crippen molar-refractivity contribution in [2.45, 2.75) is 20.8 Å². The third kappa shape index (κ3) is 2.74. The number of amides is 1. The average molecular weight is 240 g/mol. The number of carbonyl (C=O) groups excluding carboxylic acids is 1. The molecule has 18 heavy (non-hydrogen) atoms. The molecule has 0 bridgehead atoms. The summed E-state index contributed by atoms with van der Waals surface area (Å²) >= 11 is 0. The Bertz CT molecular complexity index is 591. The first-order valence-electron chi connectivity index (χ1n) is 5.87. The van der Waals surface area contributed by atoms with Crippen molar-refractivity contribution < 1.29 is 4.79 Å². The maximum atomic E-state index is 12.0. The highest BCUT2D eigenvalue weighted by molar-refractivity contribution is 6.03. The quantitative estimate of drug-likeness (QED) is 0.875. The lowest BCUT2D eigenvalue weighted by Gasteiger charge is -2.07. The minimum atomic E-state index is -0.129. The summed E-state index contributed by atoms with van der Waals surface area (Å²) in [5, 5.41) is 2.80. The number of anilines is 1. The molecule has 3 heteroatoms. The molecule has 92 valence electrons. The topological polar surface area (TPSA) is 42.0 Å². The zero-order chi connectivity index (χ0) is 13.1. The van der Waals surface area contributed by atoms with Gasteiger partial charge in [0.25, 0.3) is 5.91 Å². The van der Waals surface area contributed by atoms with E-state index in [1.807, 2.05) is 51.1 Å². The van der Waals surface area contributed by atoms with E-state index in [-0.39, 0.29) is 5.91 Å². The summed E-state index contributed by atoms with van der Waals surface area (Å²) in [5.41, 5.74) is 4.02. The molecule has 1 heterocycles. The fourth-order valence-electron chi connectivity index (χ4n) is 1.68. The van der Waals surface area contributed by atoms with E-state index in [9.17, 15) is 4.79 Å². The molecule has 3 nitrogen and oxygen atoms in total. The third-order valence-electron chi connectivity index (χ3n) is 2.93. The normalized spacial score (nSPS) is 10.2. The van der Waals surface area contributed by atoms with Gasteiger partial charge in [-0.1, -0.05) is 6.07 Å². The maximum Gasteiger partial charge on any atom is 0.256 e. The summed E-state index contributed by atoms with van der Waals surface area (Å²) in [6, 6.07) is 9.41. The number of nitrogens with one attached hydrogen (secondary N) is 1. The molecule has 2 aromatic rings. The summed E-state index contributed by atoms with van der Waals surface area (Å²) < 4.78 is 0. The van der Waals surface area contributed by atoms with Crippen LogP contribution >= 0.6 is 0 Å². The molecule has 1 N–H and O–H groups in total. The number of nitrogens with zero attached hydrogens (tertiary/aromatic N) is 1. The van der Waals surface area contributed by atoms with Crippen molar-refractivity contribution in [3.63, 3.8) is 0 Å². The van der Waals surface area contributed by atoms with E-state index in [0.29, 0.717) is 11.4 Å². The summed E-state index contributed by atoms with van der Waals surface area (Å²) in [7, 11) is 0. The first-order chi connectivity index (χ1) is 8.56. The Balaban J connectivity index is 2.19. The lowest BCUT2D eigenvalue weighted by Crippen LogP contribution is -2.13. The van der Waals surface area contributed by atoms with E-state index in [4.69, 9.17) is 0 Å². The second kappa shape index (κ2) is 5.00. The highest BCUT2D eigenvalue weighted by atomic mass is 16.1. The van der Waals surface area contributed by atoms with Crippen LogP contribution in [0.5, 0.6) is 0 Å². The van der Waals surface area contributed by atoms with Crippen LogP contribution in [0, 0.1) is 20.8 Å². The summed E-state index contributed by atoms with van der Waals surface area (Å²) in [4.78, 5) is 16.2. The highest BCUT2D eigenvalue weighted by Crippen LogP contribution is 2.12. The number of hydrogen-bond acceptors (Lipinski definition) is 2. The highest BCUT2D eigenvalue weighted by Gasteiger charge is 2.07. The molecular formula is C15H16N2O. The lowest BCUT2D eigenvalue weighted by atomic mass is 10.1. The van der Waals surface area contributed by atoms with Crippen LogP contribution in [0.15, 0.2) is 36.5 Å². The average Bonchev–Trinajstić information content (AvgIpc) is 2.32. The Morgan fingerprint density at radius 2 is 1.83 bits per heavy atom. The summed E-state index contributed by atoms with van der Waals surface area (Å²) in [5.74, 6) is 0.453. The monoisotopic (exact) mass is 240 g/mol. The number of aryl methyl sites for hydroxylation is 3. The second-order valence-corrected chi connectivity index (χ2v) is 4.47. The molecule has 1 aromatic carbocycles. The third-order valence-corrected chi connectivity index (χ3v) is 2.93. The van der Waals surface area contributed by atoms with Gasteiger partial charge in [0, 0.05) is 11.8 Å². The fourth-order valence-corrected chi connectivity index (χ4v) is 1.68. The van der Waals surface area contributed by atoms with Gasteiger partial charge in [-0.15, -0.1) is 0 Å². The molecule has 2 rings (SSSR count). The van der Waals surface area contributed by atoms with Gasteiger partial charge in [-0.25, -0.2) is 4.98 Å². The molecular weight excluding hydrogens is 224 g/mol. The number of hydrogen-bond donors (Lipinski definition) is 1. The van der Waals surface area contributed by atoms with Crippen LogP contribution in [0.25, 0.3) is 0 Å². The first-order valence-corrected chi connectivity index (χ1v) is 5.87. The van der Waals surface area contributed by atoms with Crippen LogP contribution in [0.4, 0.5) is 5.82 Å². The van der Waals surface area contributed by atoms with E-state index >= 15 is 0 Å². The molecule has 0 fully saturated rings. The largest absolute Gasteiger partial charge is 0.307 e. The lowest BCUT2D eigenvalue weighted by molar-refractivity contribution is 0.102. The van der Waals surface area contributed by atoms with Crippen molar-refractivity contribution in [2.75, 3.05) is 5.32 Å². The van der Waals surface area contributed by atoms with Crippen molar-refractivity contribution in [3.05, 3.63) is 58.8 Å². The molecule has 0 aliphatic heterocycles. The van der Waals surface area contributed by atoms with Gasteiger partial charge >= 0.3 is 0 Å². The van der Waals surface area contributed by atoms with E-state index in [2.05, 4.69) is 10.3 Å². The fraction of sp³-hybridized carbons (Fsp3) is 0.200. The predicted octanol–water partition coefficient (Wildman–Crippen LogP) is 3.26. The molecule has 0 saturated carbocycles. The van der Waals surface area contributed by atoms with Crippen LogP contribution in [0.3, 0.4) is 0 Å². The van der Waals surface area contributed by atoms with Crippen LogP contribution in [-0.4, -0.2) is 10.9 Å². The molecule has 0 saturated heterocycles. The van der Waals surface area contributed by atoms with Gasteiger partial charge in [0.15, 0.2) is 0 Å². The van der Waals surface area contributed by atoms with Gasteiger partial charge in [-0.2, -0.15) is 0 Å². The minimum absolute atomic E-state index is 0.129. The van der Waals surface area contributed by atoms with Gasteiger partial charge in [-0.3, -0.25) is 4.79 Å². The predicted molar refractivity (Wildman–Crippen MR) is 72.8 cm³/mol. The van der Waals surface area contributed by atoms with E-state index in [1.165, 1.54) is 5.56 Å². The smallest absolute Gasteiger partial charge is 0.256 e. The van der Waals surface area contributed by atoms with E-state index in [1.54, 1.807) is 6.20 Å². The molecule has 1 aromatic heterocycles. The summed E-state index contributed by atoms with van der Waals surface area (Å²) in [6.07, 6.45) is 1.69. The van der Waals surface area contributed by atoms with Gasteiger partial charge in [0.2, 0.25) is 0 Å². The Hall–Kier alpha value is -2.16. The van der Waals surface area contributed by atoms with Crippen LogP contribution < -0.4 is 5.32 Å². The van der Waals surface area contributed by atoms with Gasteiger partial charge < -0.3 is 5.32 Å². The molecule has 0 spiro atoms. The standard InChI is InChI=1S/C15H16N2O/c1-10-6-7-16-14(8-10)17-15(18)13-5-4-11(2)12(3)9-13/h4-9H,1-3H3,(H,16,17,18). The molecule has 0 aliphatic carbocycles. The van der Waals surface area contributed by atoms with Crippen molar-refractivity contribution in [3.8, 4) is 0 Å². The number of carbonyl (C=O) groups is 1. The molecule has 0 aliphatic rings. The SMILES string of the molecule is Cc1ccnc(NC(=O)c2ccc(C)c(C)c2)c1. The Labute approximate surface area is 107 Å².